The van der Waals surface area contributed by atoms with E-state index in [1.54, 1.807) is 0 Å². The summed E-state index contributed by atoms with van der Waals surface area (Å²) >= 11 is 0. The molecule has 0 spiro atoms. The summed E-state index contributed by atoms with van der Waals surface area (Å²) in [5.41, 5.74) is 1.19. The molecule has 27 heavy (non-hydrogen) atoms. The normalized spacial score (nSPS) is 24.9. The van der Waals surface area contributed by atoms with E-state index in [4.69, 9.17) is 0 Å². The van der Waals surface area contributed by atoms with E-state index in [-0.39, 0.29) is 5.91 Å². The Hall–Kier alpha value is -1.42. The van der Waals surface area contributed by atoms with E-state index < -0.39 is 0 Å². The second kappa shape index (κ2) is 10.2. The molecule has 2 saturated carbocycles. The largest absolute Gasteiger partial charge is 0.356 e. The topological polar surface area (TPSA) is 45.2 Å². The fraction of sp³-hybridized carbons (Fsp3) is 0.739. The van der Waals surface area contributed by atoms with Gasteiger partial charge in [-0.05, 0) is 76.1 Å². The van der Waals surface area contributed by atoms with Gasteiger partial charge >= 0.3 is 0 Å². The maximum atomic E-state index is 12.2. The molecule has 4 nitrogen and oxygen atoms in total. The van der Waals surface area contributed by atoms with Crippen molar-refractivity contribution in [3.8, 4) is 0 Å². The smallest absolute Gasteiger partial charge is 0.220 e. The van der Waals surface area contributed by atoms with Crippen LogP contribution >= 0.6 is 0 Å². The molecule has 150 valence electrons. The Morgan fingerprint density at radius 1 is 1.11 bits per heavy atom. The number of rotatable bonds is 8. The molecule has 2 aliphatic carbocycles. The van der Waals surface area contributed by atoms with Gasteiger partial charge in [0.05, 0.1) is 11.7 Å². The summed E-state index contributed by atoms with van der Waals surface area (Å²) in [6, 6.07) is 6.63. The van der Waals surface area contributed by atoms with Gasteiger partial charge in [0.15, 0.2) is 0 Å². The van der Waals surface area contributed by atoms with E-state index in [2.05, 4.69) is 41.4 Å². The van der Waals surface area contributed by atoms with Gasteiger partial charge in [-0.15, -0.1) is 0 Å². The number of nitrogens with zero attached hydrogens (tertiary/aromatic N) is 2. The van der Waals surface area contributed by atoms with Crippen LogP contribution in [-0.2, 0) is 4.79 Å². The summed E-state index contributed by atoms with van der Waals surface area (Å²) in [7, 11) is 4.33. The third kappa shape index (κ3) is 6.03. The Morgan fingerprint density at radius 3 is 2.48 bits per heavy atom. The van der Waals surface area contributed by atoms with Crippen LogP contribution in [0.3, 0.4) is 0 Å². The van der Waals surface area contributed by atoms with Crippen LogP contribution in [0, 0.1) is 17.8 Å². The van der Waals surface area contributed by atoms with Gasteiger partial charge in [0.1, 0.15) is 0 Å². The van der Waals surface area contributed by atoms with Crippen LogP contribution < -0.4 is 5.32 Å². The Balaban J connectivity index is 1.39. The van der Waals surface area contributed by atoms with Crippen molar-refractivity contribution in [2.75, 3.05) is 20.6 Å². The molecule has 1 heterocycles. The summed E-state index contributed by atoms with van der Waals surface area (Å²) in [4.78, 5) is 19.1. The number of nitrogens with one attached hydrogen (secondary N) is 1. The molecule has 4 heteroatoms. The Bertz CT molecular complexity index is 560. The van der Waals surface area contributed by atoms with Gasteiger partial charge in [-0.1, -0.05) is 31.7 Å². The lowest BCUT2D eigenvalue weighted by atomic mass is 9.77. The lowest BCUT2D eigenvalue weighted by molar-refractivity contribution is -0.121. The van der Waals surface area contributed by atoms with Crippen molar-refractivity contribution >= 4 is 5.91 Å². The summed E-state index contributed by atoms with van der Waals surface area (Å²) < 4.78 is 0. The molecular weight excluding hydrogens is 334 g/mol. The molecule has 0 radical (unpaired) electrons. The van der Waals surface area contributed by atoms with Crippen LogP contribution in [0.4, 0.5) is 0 Å². The highest BCUT2D eigenvalue weighted by atomic mass is 16.1. The fourth-order valence-electron chi connectivity index (χ4n) is 5.17. The highest BCUT2D eigenvalue weighted by Crippen LogP contribution is 2.38. The lowest BCUT2D eigenvalue weighted by Crippen LogP contribution is -2.34. The van der Waals surface area contributed by atoms with E-state index >= 15 is 0 Å². The number of hydrogen-bond acceptors (Lipinski definition) is 3. The Kier molecular flexibility index (Phi) is 7.69. The zero-order chi connectivity index (χ0) is 19.1. The van der Waals surface area contributed by atoms with Crippen molar-refractivity contribution in [3.63, 3.8) is 0 Å². The van der Waals surface area contributed by atoms with Gasteiger partial charge in [-0.3, -0.25) is 9.78 Å². The van der Waals surface area contributed by atoms with Gasteiger partial charge in [-0.2, -0.15) is 0 Å². The average molecular weight is 372 g/mol. The first kappa shape index (κ1) is 20.3. The Morgan fingerprint density at radius 2 is 1.85 bits per heavy atom. The number of hydrogen-bond donors (Lipinski definition) is 1. The molecule has 0 bridgehead atoms. The van der Waals surface area contributed by atoms with E-state index in [1.807, 2.05) is 12.3 Å². The van der Waals surface area contributed by atoms with Gasteiger partial charge in [0.2, 0.25) is 5.91 Å². The standard InChI is InChI=1S/C23H37N3O/c1-26(2)23(21-9-5-6-16-24-21)20-13-10-19(11-14-20)17-25-22(27)15-12-18-7-3-4-8-18/h5-6,9,16,18-20,23H,3-4,7-8,10-15,17H2,1-2H3,(H,25,27)/t19?,20?,23-/m1/s1. The number of aromatic nitrogens is 1. The summed E-state index contributed by atoms with van der Waals surface area (Å²) in [5.74, 6) is 2.37. The van der Waals surface area contributed by atoms with Gasteiger partial charge < -0.3 is 10.2 Å². The zero-order valence-corrected chi connectivity index (χ0v) is 17.2. The molecule has 0 aromatic carbocycles. The Labute approximate surface area is 165 Å². The molecule has 0 unspecified atom stereocenters. The maximum Gasteiger partial charge on any atom is 0.220 e. The highest BCUT2D eigenvalue weighted by Gasteiger charge is 2.30. The second-order valence-corrected chi connectivity index (χ2v) is 8.94. The van der Waals surface area contributed by atoms with Gasteiger partial charge in [0.25, 0.3) is 0 Å². The number of carbonyl (C=O) groups excluding carboxylic acids is 1. The number of carbonyl (C=O) groups is 1. The lowest BCUT2D eigenvalue weighted by Gasteiger charge is -2.37. The first-order valence-corrected chi connectivity index (χ1v) is 11.0. The van der Waals surface area contributed by atoms with Crippen LogP contribution in [0.1, 0.15) is 75.9 Å². The molecule has 1 aromatic rings. The first-order chi connectivity index (χ1) is 13.1. The maximum absolute atomic E-state index is 12.2. The van der Waals surface area contributed by atoms with Crippen molar-refractivity contribution in [2.24, 2.45) is 17.8 Å². The van der Waals surface area contributed by atoms with Crippen molar-refractivity contribution in [1.29, 1.82) is 0 Å². The SMILES string of the molecule is CN(C)[C@@H](c1ccccn1)C1CCC(CNC(=O)CCC2CCCC2)CC1. The van der Waals surface area contributed by atoms with Crippen LogP contribution in [0.5, 0.6) is 0 Å². The predicted octanol–water partition coefficient (Wildman–Crippen LogP) is 4.58. The third-order valence-electron chi connectivity index (χ3n) is 6.73. The number of pyridine rings is 1. The minimum absolute atomic E-state index is 0.267. The molecule has 2 fully saturated rings. The quantitative estimate of drug-likeness (QED) is 0.728. The van der Waals surface area contributed by atoms with Crippen molar-refractivity contribution < 1.29 is 4.79 Å². The highest BCUT2D eigenvalue weighted by molar-refractivity contribution is 5.75. The summed E-state index contributed by atoms with van der Waals surface area (Å²) in [6.45, 7) is 0.867. The number of amides is 1. The van der Waals surface area contributed by atoms with E-state index in [0.717, 1.165) is 25.3 Å². The van der Waals surface area contributed by atoms with Crippen molar-refractivity contribution in [2.45, 2.75) is 70.3 Å². The molecule has 3 rings (SSSR count). The van der Waals surface area contributed by atoms with E-state index in [9.17, 15) is 4.79 Å². The van der Waals surface area contributed by atoms with E-state index in [0.29, 0.717) is 17.9 Å². The van der Waals surface area contributed by atoms with Crippen LogP contribution in [0.15, 0.2) is 24.4 Å². The fourth-order valence-corrected chi connectivity index (χ4v) is 5.17. The molecule has 1 atom stereocenters. The predicted molar refractivity (Wildman–Crippen MR) is 110 cm³/mol. The molecule has 1 amide bonds. The summed E-state index contributed by atoms with van der Waals surface area (Å²) in [5, 5.41) is 3.21. The van der Waals surface area contributed by atoms with Crippen LogP contribution in [-0.4, -0.2) is 36.4 Å². The molecule has 1 aromatic heterocycles. The third-order valence-corrected chi connectivity index (χ3v) is 6.73. The molecule has 1 N–H and O–H groups in total. The van der Waals surface area contributed by atoms with Gasteiger partial charge in [-0.25, -0.2) is 0 Å². The van der Waals surface area contributed by atoms with E-state index in [1.165, 1.54) is 57.1 Å². The van der Waals surface area contributed by atoms with Crippen LogP contribution in [0.25, 0.3) is 0 Å². The minimum Gasteiger partial charge on any atom is -0.356 e. The summed E-state index contributed by atoms with van der Waals surface area (Å²) in [6.07, 6.45) is 14.0. The molecule has 0 aliphatic heterocycles. The minimum atomic E-state index is 0.267. The molecule has 2 aliphatic rings. The van der Waals surface area contributed by atoms with Crippen molar-refractivity contribution in [3.05, 3.63) is 30.1 Å². The second-order valence-electron chi connectivity index (χ2n) is 8.94. The van der Waals surface area contributed by atoms with Gasteiger partial charge in [0, 0.05) is 19.2 Å². The average Bonchev–Trinajstić information content (AvgIpc) is 3.20. The molecule has 0 saturated heterocycles. The van der Waals surface area contributed by atoms with Crippen LogP contribution in [0.2, 0.25) is 0 Å². The first-order valence-electron chi connectivity index (χ1n) is 11.0. The van der Waals surface area contributed by atoms with Crippen molar-refractivity contribution in [1.82, 2.24) is 15.2 Å². The molecular formula is C23H37N3O. The monoisotopic (exact) mass is 371 g/mol. The zero-order valence-electron chi connectivity index (χ0n) is 17.2.